The summed E-state index contributed by atoms with van der Waals surface area (Å²) in [6, 6.07) is 4.98. The zero-order valence-electron chi connectivity index (χ0n) is 17.6. The fourth-order valence-electron chi connectivity index (χ4n) is 3.03. The van der Waals surface area contributed by atoms with E-state index in [1.165, 1.54) is 6.07 Å². The molecular formula is C21H14Cl2F4N6O2. The highest BCUT2D eigenvalue weighted by Crippen LogP contribution is 2.34. The number of pyridine rings is 2. The van der Waals surface area contributed by atoms with Gasteiger partial charge < -0.3 is 20.4 Å². The van der Waals surface area contributed by atoms with Crippen LogP contribution in [-0.2, 0) is 6.18 Å². The minimum atomic E-state index is -4.60. The van der Waals surface area contributed by atoms with Gasteiger partial charge in [-0.2, -0.15) is 23.1 Å². The first-order chi connectivity index (χ1) is 16.5. The van der Waals surface area contributed by atoms with Crippen LogP contribution in [0.1, 0.15) is 22.8 Å². The number of H-pyrrole nitrogens is 1. The number of hydrogen-bond acceptors (Lipinski definition) is 6. The molecule has 1 amide bonds. The van der Waals surface area contributed by atoms with Gasteiger partial charge in [-0.15, -0.1) is 0 Å². The van der Waals surface area contributed by atoms with E-state index in [9.17, 15) is 22.4 Å². The summed E-state index contributed by atoms with van der Waals surface area (Å²) in [5, 5.41) is 5.15. The van der Waals surface area contributed by atoms with Crippen LogP contribution in [0, 0.1) is 5.82 Å². The third-order valence-corrected chi connectivity index (χ3v) is 5.14. The Bertz CT molecular complexity index is 1400. The van der Waals surface area contributed by atoms with Crippen molar-refractivity contribution >= 4 is 57.7 Å². The Labute approximate surface area is 204 Å². The molecule has 0 aliphatic carbocycles. The monoisotopic (exact) mass is 528 g/mol. The zero-order valence-corrected chi connectivity index (χ0v) is 19.1. The van der Waals surface area contributed by atoms with Gasteiger partial charge in [0, 0.05) is 6.20 Å². The maximum absolute atomic E-state index is 13.4. The molecule has 0 unspecified atom stereocenters. The number of alkyl halides is 3. The molecule has 3 heterocycles. The third-order valence-electron chi connectivity index (χ3n) is 4.54. The number of halogens is 6. The predicted octanol–water partition coefficient (Wildman–Crippen LogP) is 6.21. The Balaban J connectivity index is 1.67. The lowest BCUT2D eigenvalue weighted by Crippen LogP contribution is -2.16. The van der Waals surface area contributed by atoms with Crippen LogP contribution in [-0.4, -0.2) is 32.4 Å². The first-order valence-corrected chi connectivity index (χ1v) is 10.6. The number of amides is 1. The number of nitrogens with one attached hydrogen (secondary N) is 3. The standard InChI is InChI=1S/C21H14Cl2F4N6O2/c1-2-35-19-11(18(34)30-15-5-9(3-4-28-15)21(25,26)27)8-14-17(32-19)33-20(29-14)31-16-12(22)6-10(24)7-13(16)23/h3-8H,2H2,1H3,(H,28,30,34)(H2,29,31,32,33). The molecule has 3 aromatic heterocycles. The Morgan fingerprint density at radius 1 is 1.14 bits per heavy atom. The molecule has 0 aliphatic rings. The average molecular weight is 529 g/mol. The molecule has 4 aromatic rings. The summed E-state index contributed by atoms with van der Waals surface area (Å²) in [5.74, 6) is -1.70. The number of ether oxygens (including phenoxy) is 1. The summed E-state index contributed by atoms with van der Waals surface area (Å²) >= 11 is 12.1. The Hall–Kier alpha value is -3.64. The van der Waals surface area contributed by atoms with Crippen molar-refractivity contribution in [3.63, 3.8) is 0 Å². The summed E-state index contributed by atoms with van der Waals surface area (Å²) < 4.78 is 57.8. The van der Waals surface area contributed by atoms with Gasteiger partial charge in [-0.3, -0.25) is 4.79 Å². The summed E-state index contributed by atoms with van der Waals surface area (Å²) in [7, 11) is 0. The van der Waals surface area contributed by atoms with E-state index in [4.69, 9.17) is 27.9 Å². The lowest BCUT2D eigenvalue weighted by atomic mass is 10.2. The number of carbonyl (C=O) groups is 1. The number of anilines is 3. The second-order valence-electron chi connectivity index (χ2n) is 6.98. The molecule has 182 valence electrons. The van der Waals surface area contributed by atoms with Gasteiger partial charge in [-0.1, -0.05) is 23.2 Å². The third kappa shape index (κ3) is 5.38. The minimum Gasteiger partial charge on any atom is -0.477 e. The molecule has 0 saturated carbocycles. The zero-order chi connectivity index (χ0) is 25.3. The van der Waals surface area contributed by atoms with Crippen LogP contribution in [0.25, 0.3) is 11.2 Å². The van der Waals surface area contributed by atoms with Crippen LogP contribution in [0.5, 0.6) is 5.88 Å². The molecule has 0 saturated heterocycles. The van der Waals surface area contributed by atoms with Crippen LogP contribution in [0.2, 0.25) is 10.0 Å². The maximum Gasteiger partial charge on any atom is 0.416 e. The van der Waals surface area contributed by atoms with Crippen molar-refractivity contribution in [2.24, 2.45) is 0 Å². The van der Waals surface area contributed by atoms with Crippen LogP contribution >= 0.6 is 23.2 Å². The van der Waals surface area contributed by atoms with Gasteiger partial charge in [0.05, 0.1) is 33.4 Å². The van der Waals surface area contributed by atoms with E-state index in [1.54, 1.807) is 6.92 Å². The molecule has 3 N–H and O–H groups in total. The molecule has 0 bridgehead atoms. The number of hydrogen-bond donors (Lipinski definition) is 3. The number of aromatic amines is 1. The lowest BCUT2D eigenvalue weighted by Gasteiger charge is -2.11. The van der Waals surface area contributed by atoms with Gasteiger partial charge in [0.15, 0.2) is 5.65 Å². The average Bonchev–Trinajstić information content (AvgIpc) is 3.17. The summed E-state index contributed by atoms with van der Waals surface area (Å²) in [6.07, 6.45) is -3.67. The number of imidazole rings is 1. The van der Waals surface area contributed by atoms with Crippen molar-refractivity contribution < 1.29 is 27.1 Å². The van der Waals surface area contributed by atoms with E-state index in [-0.39, 0.29) is 56.7 Å². The van der Waals surface area contributed by atoms with Crippen molar-refractivity contribution in [1.82, 2.24) is 19.9 Å². The molecule has 35 heavy (non-hydrogen) atoms. The van der Waals surface area contributed by atoms with Crippen molar-refractivity contribution in [2.75, 3.05) is 17.2 Å². The minimum absolute atomic E-state index is 0.00655. The highest BCUT2D eigenvalue weighted by molar-refractivity contribution is 6.39. The molecule has 0 aliphatic heterocycles. The van der Waals surface area contributed by atoms with E-state index < -0.39 is 23.5 Å². The topological polar surface area (TPSA) is 105 Å². The molecule has 0 radical (unpaired) electrons. The Kier molecular flexibility index (Phi) is 6.68. The van der Waals surface area contributed by atoms with E-state index in [0.717, 1.165) is 24.4 Å². The predicted molar refractivity (Wildman–Crippen MR) is 122 cm³/mol. The number of benzene rings is 1. The number of nitrogens with zero attached hydrogens (tertiary/aromatic N) is 3. The molecule has 1 aromatic carbocycles. The number of fused-ring (bicyclic) bond motifs is 1. The van der Waals surface area contributed by atoms with Gasteiger partial charge in [-0.25, -0.2) is 9.37 Å². The molecule has 4 rings (SSSR count). The Morgan fingerprint density at radius 3 is 2.51 bits per heavy atom. The van der Waals surface area contributed by atoms with Crippen molar-refractivity contribution in [3.8, 4) is 5.88 Å². The second-order valence-corrected chi connectivity index (χ2v) is 7.80. The van der Waals surface area contributed by atoms with Crippen LogP contribution in [0.3, 0.4) is 0 Å². The van der Waals surface area contributed by atoms with Crippen molar-refractivity contribution in [1.29, 1.82) is 0 Å². The highest BCUT2D eigenvalue weighted by Gasteiger charge is 2.31. The number of rotatable bonds is 6. The highest BCUT2D eigenvalue weighted by atomic mass is 35.5. The van der Waals surface area contributed by atoms with E-state index in [2.05, 4.69) is 30.6 Å². The maximum atomic E-state index is 13.4. The number of carbonyl (C=O) groups excluding carboxylic acids is 1. The normalized spacial score (nSPS) is 11.5. The molecule has 14 heteroatoms. The molecule has 0 atom stereocenters. The van der Waals surface area contributed by atoms with Gasteiger partial charge in [0.1, 0.15) is 17.2 Å². The van der Waals surface area contributed by atoms with Crippen LogP contribution < -0.4 is 15.4 Å². The first-order valence-electron chi connectivity index (χ1n) is 9.85. The fraction of sp³-hybridized carbons (Fsp3) is 0.143. The van der Waals surface area contributed by atoms with Crippen LogP contribution in [0.4, 0.5) is 35.0 Å². The van der Waals surface area contributed by atoms with E-state index in [0.29, 0.717) is 6.07 Å². The molecule has 8 nitrogen and oxygen atoms in total. The molecular weight excluding hydrogens is 515 g/mol. The first kappa shape index (κ1) is 24.5. The van der Waals surface area contributed by atoms with E-state index >= 15 is 0 Å². The van der Waals surface area contributed by atoms with Gasteiger partial charge >= 0.3 is 6.18 Å². The van der Waals surface area contributed by atoms with Crippen molar-refractivity contribution in [2.45, 2.75) is 13.1 Å². The van der Waals surface area contributed by atoms with Gasteiger partial charge in [-0.05, 0) is 37.3 Å². The van der Waals surface area contributed by atoms with Crippen molar-refractivity contribution in [3.05, 3.63) is 63.5 Å². The molecule has 0 spiro atoms. The summed E-state index contributed by atoms with van der Waals surface area (Å²) in [6.45, 7) is 1.81. The van der Waals surface area contributed by atoms with Crippen LogP contribution in [0.15, 0.2) is 36.5 Å². The fourth-order valence-corrected chi connectivity index (χ4v) is 3.59. The lowest BCUT2D eigenvalue weighted by molar-refractivity contribution is -0.137. The smallest absolute Gasteiger partial charge is 0.416 e. The van der Waals surface area contributed by atoms with Gasteiger partial charge in [0.2, 0.25) is 11.8 Å². The molecule has 0 fully saturated rings. The van der Waals surface area contributed by atoms with Gasteiger partial charge in [0.25, 0.3) is 5.91 Å². The SMILES string of the molecule is CCOc1nc2nc(Nc3c(Cl)cc(F)cc3Cl)[nH]c2cc1C(=O)Nc1cc(C(F)(F)F)ccn1. The summed E-state index contributed by atoms with van der Waals surface area (Å²) in [4.78, 5) is 27.9. The second kappa shape index (κ2) is 9.55. The Morgan fingerprint density at radius 2 is 1.86 bits per heavy atom. The van der Waals surface area contributed by atoms with E-state index in [1.807, 2.05) is 0 Å². The number of aromatic nitrogens is 4. The quantitative estimate of drug-likeness (QED) is 0.257. The largest absolute Gasteiger partial charge is 0.477 e. The summed E-state index contributed by atoms with van der Waals surface area (Å²) in [5.41, 5.74) is -0.422.